The number of nitrogens with one attached hydrogen (secondary N) is 1. The van der Waals surface area contributed by atoms with E-state index in [0.717, 1.165) is 31.0 Å². The zero-order valence-electron chi connectivity index (χ0n) is 11.7. The molecule has 1 N–H and O–H groups in total. The molecule has 1 aliphatic rings. The minimum absolute atomic E-state index is 0.0557. The number of ether oxygens (including phenoxy) is 1. The van der Waals surface area contributed by atoms with E-state index in [1.165, 1.54) is 6.20 Å². The van der Waals surface area contributed by atoms with Crippen LogP contribution in [0.25, 0.3) is 11.1 Å². The highest BCUT2D eigenvalue weighted by atomic mass is 19.1. The summed E-state index contributed by atoms with van der Waals surface area (Å²) in [5, 5.41) is 3.23. The van der Waals surface area contributed by atoms with Crippen LogP contribution in [0.5, 0.6) is 5.75 Å². The molecule has 1 saturated carbocycles. The summed E-state index contributed by atoms with van der Waals surface area (Å²) in [5.74, 6) is -0.410. The minimum atomic E-state index is -0.482. The van der Waals surface area contributed by atoms with Crippen LogP contribution in [0.1, 0.15) is 12.8 Å². The minimum Gasteiger partial charge on any atom is -0.490 e. The number of benzene rings is 1. The lowest BCUT2D eigenvalue weighted by Gasteiger charge is -2.15. The van der Waals surface area contributed by atoms with Gasteiger partial charge in [0.1, 0.15) is 24.0 Å². The van der Waals surface area contributed by atoms with Crippen LogP contribution in [-0.4, -0.2) is 24.2 Å². The highest BCUT2D eigenvalue weighted by molar-refractivity contribution is 5.64. The molecule has 0 atom stereocenters. The topological polar surface area (TPSA) is 34.1 Å². The Morgan fingerprint density at radius 1 is 1.24 bits per heavy atom. The molecule has 1 aromatic heterocycles. The van der Waals surface area contributed by atoms with E-state index in [0.29, 0.717) is 17.9 Å². The second-order valence-electron chi connectivity index (χ2n) is 5.35. The molecule has 0 saturated heterocycles. The van der Waals surface area contributed by atoms with Crippen molar-refractivity contribution in [1.29, 1.82) is 0 Å². The average Bonchev–Trinajstić information content (AvgIpc) is 3.29. The first-order chi connectivity index (χ1) is 10.1. The maximum atomic E-state index is 13.8. The van der Waals surface area contributed by atoms with E-state index in [-0.39, 0.29) is 11.1 Å². The van der Waals surface area contributed by atoms with Crippen LogP contribution in [0.15, 0.2) is 36.7 Å². The maximum absolute atomic E-state index is 13.8. The predicted octanol–water partition coefficient (Wildman–Crippen LogP) is 3.16. The molecule has 21 heavy (non-hydrogen) atoms. The van der Waals surface area contributed by atoms with E-state index in [1.54, 1.807) is 12.3 Å². The van der Waals surface area contributed by atoms with Gasteiger partial charge in [-0.15, -0.1) is 0 Å². The van der Waals surface area contributed by atoms with Gasteiger partial charge in [0.2, 0.25) is 0 Å². The predicted molar refractivity (Wildman–Crippen MR) is 76.1 cm³/mol. The quantitative estimate of drug-likeness (QED) is 0.918. The van der Waals surface area contributed by atoms with Gasteiger partial charge in [-0.05, 0) is 44.2 Å². The SMILES string of the molecule is CNC1(COc2cncc(-c3cc(F)ccc3F)c2)CC1. The van der Waals surface area contributed by atoms with Gasteiger partial charge in [0.05, 0.1) is 11.7 Å². The van der Waals surface area contributed by atoms with Gasteiger partial charge < -0.3 is 10.1 Å². The van der Waals surface area contributed by atoms with E-state index in [9.17, 15) is 8.78 Å². The normalized spacial score (nSPS) is 15.8. The molecular formula is C16H16F2N2O. The third kappa shape index (κ3) is 3.03. The second-order valence-corrected chi connectivity index (χ2v) is 5.35. The molecule has 1 heterocycles. The van der Waals surface area contributed by atoms with E-state index in [1.807, 2.05) is 7.05 Å². The summed E-state index contributed by atoms with van der Waals surface area (Å²) in [6.07, 6.45) is 5.23. The van der Waals surface area contributed by atoms with Crippen molar-refractivity contribution in [2.45, 2.75) is 18.4 Å². The van der Waals surface area contributed by atoms with Gasteiger partial charge in [-0.2, -0.15) is 0 Å². The number of halogens is 2. The Morgan fingerprint density at radius 3 is 2.76 bits per heavy atom. The van der Waals surface area contributed by atoms with Crippen molar-refractivity contribution in [3.63, 3.8) is 0 Å². The van der Waals surface area contributed by atoms with E-state index < -0.39 is 11.6 Å². The first-order valence-electron chi connectivity index (χ1n) is 6.84. The number of nitrogens with zero attached hydrogens (tertiary/aromatic N) is 1. The zero-order chi connectivity index (χ0) is 14.9. The summed E-state index contributed by atoms with van der Waals surface area (Å²) < 4.78 is 32.8. The van der Waals surface area contributed by atoms with Crippen LogP contribution in [-0.2, 0) is 0 Å². The highest BCUT2D eigenvalue weighted by Gasteiger charge is 2.41. The number of pyridine rings is 1. The molecule has 0 amide bonds. The van der Waals surface area contributed by atoms with Crippen molar-refractivity contribution in [2.24, 2.45) is 0 Å². The van der Waals surface area contributed by atoms with Gasteiger partial charge in [0, 0.05) is 17.3 Å². The third-order valence-corrected chi connectivity index (χ3v) is 3.85. The summed E-state index contributed by atoms with van der Waals surface area (Å²) in [5.41, 5.74) is 0.738. The maximum Gasteiger partial charge on any atom is 0.138 e. The average molecular weight is 290 g/mol. The Labute approximate surface area is 122 Å². The number of likely N-dealkylation sites (N-methyl/N-ethyl adjacent to an activating group) is 1. The smallest absolute Gasteiger partial charge is 0.138 e. The van der Waals surface area contributed by atoms with Gasteiger partial charge in [0.15, 0.2) is 0 Å². The molecule has 2 aromatic rings. The van der Waals surface area contributed by atoms with Crippen molar-refractivity contribution in [3.8, 4) is 16.9 Å². The molecule has 0 radical (unpaired) electrons. The molecule has 3 rings (SSSR count). The Morgan fingerprint density at radius 2 is 2.05 bits per heavy atom. The summed E-state index contributed by atoms with van der Waals surface area (Å²) in [6, 6.07) is 5.04. The number of rotatable bonds is 5. The first kappa shape index (κ1) is 13.9. The monoisotopic (exact) mass is 290 g/mol. The molecule has 3 nitrogen and oxygen atoms in total. The van der Waals surface area contributed by atoms with Crippen LogP contribution in [0.2, 0.25) is 0 Å². The van der Waals surface area contributed by atoms with Gasteiger partial charge in [-0.3, -0.25) is 4.98 Å². The molecule has 0 unspecified atom stereocenters. The lowest BCUT2D eigenvalue weighted by molar-refractivity contribution is 0.259. The molecule has 0 bridgehead atoms. The number of hydrogen-bond donors (Lipinski definition) is 1. The first-order valence-corrected chi connectivity index (χ1v) is 6.84. The fourth-order valence-corrected chi connectivity index (χ4v) is 2.20. The summed E-state index contributed by atoms with van der Waals surface area (Å²) in [4.78, 5) is 4.04. The second kappa shape index (κ2) is 5.41. The molecule has 1 aromatic carbocycles. The van der Waals surface area contributed by atoms with Gasteiger partial charge in [0.25, 0.3) is 0 Å². The van der Waals surface area contributed by atoms with Crippen LogP contribution >= 0.6 is 0 Å². The number of hydrogen-bond acceptors (Lipinski definition) is 3. The molecular weight excluding hydrogens is 274 g/mol. The molecule has 0 spiro atoms. The van der Waals surface area contributed by atoms with Crippen LogP contribution in [0, 0.1) is 11.6 Å². The zero-order valence-corrected chi connectivity index (χ0v) is 11.7. The van der Waals surface area contributed by atoms with E-state index in [4.69, 9.17) is 4.74 Å². The largest absolute Gasteiger partial charge is 0.490 e. The lowest BCUT2D eigenvalue weighted by atomic mass is 10.1. The molecule has 0 aliphatic heterocycles. The Hall–Kier alpha value is -2.01. The van der Waals surface area contributed by atoms with Gasteiger partial charge in [-0.1, -0.05) is 0 Å². The fraction of sp³-hybridized carbons (Fsp3) is 0.312. The molecule has 1 fully saturated rings. The van der Waals surface area contributed by atoms with Crippen molar-refractivity contribution in [1.82, 2.24) is 10.3 Å². The fourth-order valence-electron chi connectivity index (χ4n) is 2.20. The molecule has 110 valence electrons. The van der Waals surface area contributed by atoms with Gasteiger partial charge in [-0.25, -0.2) is 8.78 Å². The number of aromatic nitrogens is 1. The molecule has 5 heteroatoms. The highest BCUT2D eigenvalue weighted by Crippen LogP contribution is 2.35. The van der Waals surface area contributed by atoms with Crippen molar-refractivity contribution >= 4 is 0 Å². The van der Waals surface area contributed by atoms with Crippen LogP contribution in [0.3, 0.4) is 0 Å². The summed E-state index contributed by atoms with van der Waals surface area (Å²) >= 11 is 0. The third-order valence-electron chi connectivity index (χ3n) is 3.85. The Balaban J connectivity index is 1.81. The Bertz CT molecular complexity index is 656. The standard InChI is InChI=1S/C16H16F2N2O/c1-19-16(4-5-16)10-21-13-6-11(8-20-9-13)14-7-12(17)2-3-15(14)18/h2-3,6-9,19H,4-5,10H2,1H3. The van der Waals surface area contributed by atoms with E-state index >= 15 is 0 Å². The van der Waals surface area contributed by atoms with Gasteiger partial charge >= 0.3 is 0 Å². The Kier molecular flexibility index (Phi) is 3.59. The van der Waals surface area contributed by atoms with Crippen molar-refractivity contribution in [3.05, 3.63) is 48.3 Å². The lowest BCUT2D eigenvalue weighted by Crippen LogP contribution is -2.33. The van der Waals surface area contributed by atoms with E-state index in [2.05, 4.69) is 10.3 Å². The van der Waals surface area contributed by atoms with Crippen LogP contribution < -0.4 is 10.1 Å². The summed E-state index contributed by atoms with van der Waals surface area (Å²) in [7, 11) is 1.91. The summed E-state index contributed by atoms with van der Waals surface area (Å²) in [6.45, 7) is 0.542. The molecule has 1 aliphatic carbocycles. The van der Waals surface area contributed by atoms with Crippen molar-refractivity contribution in [2.75, 3.05) is 13.7 Å². The van der Waals surface area contributed by atoms with Crippen molar-refractivity contribution < 1.29 is 13.5 Å². The van der Waals surface area contributed by atoms with Crippen LogP contribution in [0.4, 0.5) is 8.78 Å².